The van der Waals surface area contributed by atoms with Crippen LogP contribution in [-0.4, -0.2) is 27.0 Å². The Morgan fingerprint density at radius 3 is 2.70 bits per heavy atom. The smallest absolute Gasteiger partial charge is 0.262 e. The summed E-state index contributed by atoms with van der Waals surface area (Å²) in [4.78, 5) is 15.9. The van der Waals surface area contributed by atoms with E-state index in [0.29, 0.717) is 0 Å². The van der Waals surface area contributed by atoms with Crippen LogP contribution in [-0.2, 0) is 10.2 Å². The lowest BCUT2D eigenvalue weighted by molar-refractivity contribution is -0.127. The number of aromatic nitrogens is 2. The molecule has 0 aliphatic heterocycles. The lowest BCUT2D eigenvalue weighted by atomic mass is 9.92. The van der Waals surface area contributed by atoms with Crippen molar-refractivity contribution >= 4 is 17.4 Å². The average Bonchev–Trinajstić information content (AvgIpc) is 2.73. The minimum Gasteiger partial charge on any atom is -0.360 e. The topological polar surface area (TPSA) is 78.7 Å². The van der Waals surface area contributed by atoms with Gasteiger partial charge in [-0.05, 0) is 18.6 Å². The summed E-state index contributed by atoms with van der Waals surface area (Å²) in [6.45, 7) is 8.19. The third kappa shape index (κ3) is 2.75. The number of amides is 1. The number of nitrogens with one attached hydrogen (secondary N) is 2. The second kappa shape index (κ2) is 5.13. The zero-order valence-corrected chi connectivity index (χ0v) is 12.2. The Morgan fingerprint density at radius 1 is 1.40 bits per heavy atom. The van der Waals surface area contributed by atoms with E-state index in [2.05, 4.69) is 31.1 Å². The molecule has 0 bridgehead atoms. The monoisotopic (exact) mass is 276 g/mol. The summed E-state index contributed by atoms with van der Waals surface area (Å²) in [5.74, 6) is 0.285. The molecule has 20 heavy (non-hydrogen) atoms. The Bertz CT molecular complexity index is 640. The third-order valence-corrected chi connectivity index (χ3v) is 3.02. The molecule has 2 rings (SSSR count). The largest absolute Gasteiger partial charge is 0.360 e. The third-order valence-electron chi connectivity index (χ3n) is 3.02. The first kappa shape index (κ1) is 14.3. The SMILES string of the molecule is Cc1ccc2nc(C(C)(C)C)c(NCC(=O)NO)n2c1. The summed E-state index contributed by atoms with van der Waals surface area (Å²) in [6, 6.07) is 3.95. The van der Waals surface area contributed by atoms with Gasteiger partial charge < -0.3 is 5.32 Å². The van der Waals surface area contributed by atoms with Gasteiger partial charge in [-0.15, -0.1) is 0 Å². The van der Waals surface area contributed by atoms with Gasteiger partial charge in [-0.2, -0.15) is 0 Å². The van der Waals surface area contributed by atoms with Crippen LogP contribution in [0.15, 0.2) is 18.3 Å². The van der Waals surface area contributed by atoms with Gasteiger partial charge in [0.1, 0.15) is 11.5 Å². The molecule has 0 saturated heterocycles. The van der Waals surface area contributed by atoms with E-state index in [1.165, 1.54) is 0 Å². The molecule has 0 unspecified atom stereocenters. The predicted octanol–water partition coefficient (Wildman–Crippen LogP) is 1.86. The molecule has 0 spiro atoms. The van der Waals surface area contributed by atoms with Crippen molar-refractivity contribution in [3.05, 3.63) is 29.6 Å². The van der Waals surface area contributed by atoms with Gasteiger partial charge in [-0.25, -0.2) is 10.5 Å². The van der Waals surface area contributed by atoms with E-state index in [9.17, 15) is 4.79 Å². The Labute approximate surface area is 117 Å². The molecule has 2 aromatic heterocycles. The number of aryl methyl sites for hydroxylation is 1. The van der Waals surface area contributed by atoms with Crippen LogP contribution < -0.4 is 10.8 Å². The first-order chi connectivity index (χ1) is 9.32. The fraction of sp³-hybridized carbons (Fsp3) is 0.429. The zero-order valence-electron chi connectivity index (χ0n) is 12.2. The maximum Gasteiger partial charge on any atom is 0.262 e. The second-order valence-corrected chi connectivity index (χ2v) is 5.88. The van der Waals surface area contributed by atoms with Crippen LogP contribution in [0.5, 0.6) is 0 Å². The molecular weight excluding hydrogens is 256 g/mol. The molecule has 3 N–H and O–H groups in total. The number of imidazole rings is 1. The molecule has 0 radical (unpaired) electrons. The summed E-state index contributed by atoms with van der Waals surface area (Å²) in [6.07, 6.45) is 1.97. The summed E-state index contributed by atoms with van der Waals surface area (Å²) < 4.78 is 1.93. The predicted molar refractivity (Wildman–Crippen MR) is 77.0 cm³/mol. The van der Waals surface area contributed by atoms with E-state index in [-0.39, 0.29) is 12.0 Å². The Hall–Kier alpha value is -2.08. The van der Waals surface area contributed by atoms with Gasteiger partial charge in [0.15, 0.2) is 0 Å². The molecule has 2 aromatic rings. The van der Waals surface area contributed by atoms with Crippen LogP contribution in [0.2, 0.25) is 0 Å². The van der Waals surface area contributed by atoms with E-state index in [4.69, 9.17) is 5.21 Å². The van der Waals surface area contributed by atoms with Gasteiger partial charge in [-0.3, -0.25) is 14.4 Å². The maximum absolute atomic E-state index is 11.2. The van der Waals surface area contributed by atoms with Gasteiger partial charge in [0.2, 0.25) is 0 Å². The fourth-order valence-corrected chi connectivity index (χ4v) is 2.05. The molecule has 6 heteroatoms. The lowest BCUT2D eigenvalue weighted by Crippen LogP contribution is -2.28. The van der Waals surface area contributed by atoms with Crippen molar-refractivity contribution < 1.29 is 10.0 Å². The van der Waals surface area contributed by atoms with Gasteiger partial charge in [0, 0.05) is 11.6 Å². The van der Waals surface area contributed by atoms with E-state index in [0.717, 1.165) is 22.7 Å². The number of hydrogen-bond acceptors (Lipinski definition) is 4. The molecule has 1 amide bonds. The molecule has 108 valence electrons. The minimum absolute atomic E-state index is 0.0126. The van der Waals surface area contributed by atoms with E-state index in [1.807, 2.05) is 29.7 Å². The molecule has 0 aliphatic rings. The minimum atomic E-state index is -0.493. The molecule has 2 heterocycles. The number of anilines is 1. The second-order valence-electron chi connectivity index (χ2n) is 5.88. The van der Waals surface area contributed by atoms with Crippen molar-refractivity contribution in [3.63, 3.8) is 0 Å². The highest BCUT2D eigenvalue weighted by Crippen LogP contribution is 2.30. The van der Waals surface area contributed by atoms with E-state index in [1.54, 1.807) is 5.48 Å². The number of carbonyl (C=O) groups is 1. The molecule has 6 nitrogen and oxygen atoms in total. The number of pyridine rings is 1. The molecule has 0 aliphatic carbocycles. The average molecular weight is 276 g/mol. The summed E-state index contributed by atoms with van der Waals surface area (Å²) in [5.41, 5.74) is 4.27. The van der Waals surface area contributed by atoms with Crippen molar-refractivity contribution in [2.45, 2.75) is 33.1 Å². The molecule has 0 aromatic carbocycles. The van der Waals surface area contributed by atoms with E-state index < -0.39 is 5.91 Å². The van der Waals surface area contributed by atoms with Crippen molar-refractivity contribution in [2.24, 2.45) is 0 Å². The number of hydrogen-bond donors (Lipinski definition) is 3. The maximum atomic E-state index is 11.2. The van der Waals surface area contributed by atoms with Crippen LogP contribution >= 0.6 is 0 Å². The summed E-state index contributed by atoms with van der Waals surface area (Å²) >= 11 is 0. The van der Waals surface area contributed by atoms with Crippen LogP contribution in [0, 0.1) is 6.92 Å². The fourth-order valence-electron chi connectivity index (χ4n) is 2.05. The number of hydroxylamine groups is 1. The van der Waals surface area contributed by atoms with Crippen molar-refractivity contribution in [3.8, 4) is 0 Å². The molecular formula is C14H20N4O2. The van der Waals surface area contributed by atoms with Crippen LogP contribution in [0.1, 0.15) is 32.0 Å². The van der Waals surface area contributed by atoms with Crippen LogP contribution in [0.25, 0.3) is 5.65 Å². The Balaban J connectivity index is 2.51. The quantitative estimate of drug-likeness (QED) is 0.590. The first-order valence-corrected chi connectivity index (χ1v) is 6.49. The highest BCUT2D eigenvalue weighted by Gasteiger charge is 2.24. The zero-order chi connectivity index (χ0) is 14.9. The van der Waals surface area contributed by atoms with Crippen molar-refractivity contribution in [1.29, 1.82) is 0 Å². The highest BCUT2D eigenvalue weighted by molar-refractivity contribution is 5.79. The van der Waals surface area contributed by atoms with E-state index >= 15 is 0 Å². The normalized spacial score (nSPS) is 11.7. The lowest BCUT2D eigenvalue weighted by Gasteiger charge is -2.18. The highest BCUT2D eigenvalue weighted by atomic mass is 16.5. The molecule has 0 atom stereocenters. The Morgan fingerprint density at radius 2 is 2.10 bits per heavy atom. The van der Waals surface area contributed by atoms with Crippen molar-refractivity contribution in [2.75, 3.05) is 11.9 Å². The number of carbonyl (C=O) groups excluding carboxylic acids is 1. The number of fused-ring (bicyclic) bond motifs is 1. The van der Waals surface area contributed by atoms with Gasteiger partial charge in [-0.1, -0.05) is 26.8 Å². The molecule has 0 saturated carbocycles. The van der Waals surface area contributed by atoms with Gasteiger partial charge in [0.25, 0.3) is 5.91 Å². The number of rotatable bonds is 3. The van der Waals surface area contributed by atoms with Gasteiger partial charge >= 0.3 is 0 Å². The van der Waals surface area contributed by atoms with Crippen molar-refractivity contribution in [1.82, 2.24) is 14.9 Å². The molecule has 0 fully saturated rings. The standard InChI is InChI=1S/C14H20N4O2/c1-9-5-6-10-16-12(14(2,3)4)13(18(10)8-9)15-7-11(19)17-20/h5-6,8,15,20H,7H2,1-4H3,(H,17,19). The number of nitrogens with zero attached hydrogens (tertiary/aromatic N) is 2. The Kier molecular flexibility index (Phi) is 3.67. The summed E-state index contributed by atoms with van der Waals surface area (Å²) in [5, 5.41) is 11.6. The first-order valence-electron chi connectivity index (χ1n) is 6.49. The van der Waals surface area contributed by atoms with Crippen LogP contribution in [0.4, 0.5) is 5.82 Å². The van der Waals surface area contributed by atoms with Crippen LogP contribution in [0.3, 0.4) is 0 Å². The summed E-state index contributed by atoms with van der Waals surface area (Å²) in [7, 11) is 0. The van der Waals surface area contributed by atoms with Gasteiger partial charge in [0.05, 0.1) is 12.2 Å².